The van der Waals surface area contributed by atoms with Crippen molar-refractivity contribution in [2.45, 2.75) is 19.3 Å². The average molecular weight is 226 g/mol. The lowest BCUT2D eigenvalue weighted by Gasteiger charge is -2.33. The van der Waals surface area contributed by atoms with Gasteiger partial charge in [0.05, 0.1) is 0 Å². The largest absolute Gasteiger partial charge is 0.299 e. The average Bonchev–Trinajstić information content (AvgIpc) is 2.39. The molecule has 0 amide bonds. The summed E-state index contributed by atoms with van der Waals surface area (Å²) in [6, 6.07) is 9.34. The van der Waals surface area contributed by atoms with E-state index >= 15 is 0 Å². The molecule has 0 radical (unpaired) electrons. The van der Waals surface area contributed by atoms with Gasteiger partial charge in [-0.3, -0.25) is 9.59 Å². The zero-order valence-electron chi connectivity index (χ0n) is 9.56. The molecule has 17 heavy (non-hydrogen) atoms. The zero-order chi connectivity index (χ0) is 11.8. The second kappa shape index (κ2) is 3.95. The van der Waals surface area contributed by atoms with Gasteiger partial charge in [0, 0.05) is 23.5 Å². The Morgan fingerprint density at radius 3 is 2.47 bits per heavy atom. The zero-order valence-corrected chi connectivity index (χ0v) is 9.56. The fraction of sp³-hybridized carbons (Fsp3) is 0.333. The highest BCUT2D eigenvalue weighted by Crippen LogP contribution is 2.39. The van der Waals surface area contributed by atoms with E-state index in [0.717, 1.165) is 24.0 Å². The number of benzene rings is 1. The molecule has 4 rings (SSSR count). The van der Waals surface area contributed by atoms with Crippen molar-refractivity contribution in [3.63, 3.8) is 0 Å². The molecule has 0 spiro atoms. The van der Waals surface area contributed by atoms with Gasteiger partial charge < -0.3 is 0 Å². The third-order valence-electron chi connectivity index (χ3n) is 3.81. The van der Waals surface area contributed by atoms with E-state index in [2.05, 4.69) is 0 Å². The number of carbonyl (C=O) groups is 2. The van der Waals surface area contributed by atoms with Crippen molar-refractivity contribution >= 4 is 11.6 Å². The molecule has 0 saturated heterocycles. The van der Waals surface area contributed by atoms with Crippen LogP contribution in [0.3, 0.4) is 0 Å². The van der Waals surface area contributed by atoms with E-state index < -0.39 is 0 Å². The maximum absolute atomic E-state index is 12.3. The predicted molar refractivity (Wildman–Crippen MR) is 64.7 cm³/mol. The van der Waals surface area contributed by atoms with Gasteiger partial charge in [-0.2, -0.15) is 0 Å². The summed E-state index contributed by atoms with van der Waals surface area (Å²) in [7, 11) is 0. The van der Waals surface area contributed by atoms with Crippen molar-refractivity contribution in [1.82, 2.24) is 0 Å². The van der Waals surface area contributed by atoms with Crippen LogP contribution in [0, 0.1) is 11.8 Å². The summed E-state index contributed by atoms with van der Waals surface area (Å²) in [6.45, 7) is 0. The van der Waals surface area contributed by atoms with Crippen LogP contribution in [0.15, 0.2) is 42.0 Å². The lowest BCUT2D eigenvalue weighted by Crippen LogP contribution is -2.33. The topological polar surface area (TPSA) is 34.1 Å². The Hall–Kier alpha value is -1.70. The van der Waals surface area contributed by atoms with Crippen molar-refractivity contribution in [3.05, 3.63) is 47.5 Å². The van der Waals surface area contributed by atoms with Gasteiger partial charge in [-0.1, -0.05) is 36.4 Å². The van der Waals surface area contributed by atoms with Crippen molar-refractivity contribution < 1.29 is 9.59 Å². The molecule has 2 heteroatoms. The smallest absolute Gasteiger partial charge is 0.189 e. The molecule has 1 fully saturated rings. The minimum atomic E-state index is 0.00247. The molecule has 1 saturated carbocycles. The number of hydrogen-bond donors (Lipinski definition) is 0. The van der Waals surface area contributed by atoms with Crippen LogP contribution in [0.25, 0.3) is 0 Å². The number of ketones is 2. The van der Waals surface area contributed by atoms with Crippen LogP contribution in [-0.2, 0) is 4.79 Å². The third kappa shape index (κ3) is 1.74. The number of fused-ring (bicyclic) bond motifs is 2. The first-order valence-corrected chi connectivity index (χ1v) is 6.10. The molecule has 0 heterocycles. The molecule has 2 nitrogen and oxygen atoms in total. The first-order valence-electron chi connectivity index (χ1n) is 6.10. The van der Waals surface area contributed by atoms with E-state index in [0.29, 0.717) is 12.2 Å². The first kappa shape index (κ1) is 10.5. The summed E-state index contributed by atoms with van der Waals surface area (Å²) in [5.41, 5.74) is 1.60. The van der Waals surface area contributed by atoms with Gasteiger partial charge in [0.15, 0.2) is 5.78 Å². The molecule has 86 valence electrons. The second-order valence-corrected chi connectivity index (χ2v) is 4.87. The SMILES string of the molecule is O=C(C1=CC2CCC1CC2=O)c1ccccc1. The number of hydrogen-bond acceptors (Lipinski definition) is 2. The molecule has 0 aliphatic heterocycles. The molecular formula is C15H14O2. The van der Waals surface area contributed by atoms with E-state index in [1.807, 2.05) is 36.4 Å². The molecule has 3 aliphatic carbocycles. The van der Waals surface area contributed by atoms with Crippen molar-refractivity contribution in [1.29, 1.82) is 0 Å². The van der Waals surface area contributed by atoms with Gasteiger partial charge in [-0.25, -0.2) is 0 Å². The van der Waals surface area contributed by atoms with E-state index in [1.54, 1.807) is 0 Å². The van der Waals surface area contributed by atoms with E-state index in [1.165, 1.54) is 0 Å². The van der Waals surface area contributed by atoms with Crippen molar-refractivity contribution in [2.75, 3.05) is 0 Å². The lowest BCUT2D eigenvalue weighted by molar-refractivity contribution is -0.124. The number of carbonyl (C=O) groups excluding carboxylic acids is 2. The Balaban J connectivity index is 1.94. The summed E-state index contributed by atoms with van der Waals surface area (Å²) < 4.78 is 0. The highest BCUT2D eigenvalue weighted by atomic mass is 16.1. The standard InChI is InChI=1S/C15H14O2/c16-14-9-11-6-7-12(14)8-13(11)15(17)10-4-2-1-3-5-10/h1-5,8,11-12H,6-7,9H2. The molecule has 3 aliphatic rings. The number of rotatable bonds is 2. The van der Waals surface area contributed by atoms with Crippen molar-refractivity contribution in [3.8, 4) is 0 Å². The fourth-order valence-corrected chi connectivity index (χ4v) is 2.85. The van der Waals surface area contributed by atoms with Crippen LogP contribution >= 0.6 is 0 Å². The van der Waals surface area contributed by atoms with Crippen LogP contribution in [0.1, 0.15) is 29.6 Å². The maximum Gasteiger partial charge on any atom is 0.189 e. The molecule has 1 aromatic rings. The van der Waals surface area contributed by atoms with Crippen molar-refractivity contribution in [2.24, 2.45) is 11.8 Å². The molecular weight excluding hydrogens is 212 g/mol. The van der Waals surface area contributed by atoms with Crippen LogP contribution in [-0.4, -0.2) is 11.6 Å². The summed E-state index contributed by atoms with van der Waals surface area (Å²) >= 11 is 0. The summed E-state index contributed by atoms with van der Waals surface area (Å²) in [5, 5.41) is 0. The van der Waals surface area contributed by atoms with Crippen LogP contribution < -0.4 is 0 Å². The Bertz CT molecular complexity index is 499. The lowest BCUT2D eigenvalue weighted by atomic mass is 9.69. The Labute approximate surface area is 100 Å². The molecule has 2 unspecified atom stereocenters. The summed E-state index contributed by atoms with van der Waals surface area (Å²) in [4.78, 5) is 23.9. The molecule has 0 aromatic heterocycles. The Morgan fingerprint density at radius 2 is 1.88 bits per heavy atom. The second-order valence-electron chi connectivity index (χ2n) is 4.87. The maximum atomic E-state index is 12.3. The first-order chi connectivity index (χ1) is 8.25. The monoisotopic (exact) mass is 226 g/mol. The molecule has 2 atom stereocenters. The van der Waals surface area contributed by atoms with E-state index in [9.17, 15) is 9.59 Å². The van der Waals surface area contributed by atoms with Crippen LogP contribution in [0.5, 0.6) is 0 Å². The van der Waals surface area contributed by atoms with Gasteiger partial charge >= 0.3 is 0 Å². The minimum Gasteiger partial charge on any atom is -0.299 e. The van der Waals surface area contributed by atoms with E-state index in [-0.39, 0.29) is 17.6 Å². The van der Waals surface area contributed by atoms with Crippen LogP contribution in [0.2, 0.25) is 0 Å². The Morgan fingerprint density at radius 1 is 1.12 bits per heavy atom. The highest BCUT2D eigenvalue weighted by molar-refractivity contribution is 6.10. The molecule has 1 aromatic carbocycles. The summed E-state index contributed by atoms with van der Waals surface area (Å²) in [6.07, 6.45) is 4.39. The fourth-order valence-electron chi connectivity index (χ4n) is 2.85. The quantitative estimate of drug-likeness (QED) is 0.727. The van der Waals surface area contributed by atoms with Gasteiger partial charge in [0.2, 0.25) is 0 Å². The highest BCUT2D eigenvalue weighted by Gasteiger charge is 2.37. The minimum absolute atomic E-state index is 0.00247. The summed E-state index contributed by atoms with van der Waals surface area (Å²) in [5.74, 6) is 0.585. The number of Topliss-reactive ketones (excluding diaryl/α,β-unsaturated/α-hetero) is 2. The van der Waals surface area contributed by atoms with Gasteiger partial charge in [0.1, 0.15) is 5.78 Å². The Kier molecular flexibility index (Phi) is 2.43. The van der Waals surface area contributed by atoms with Gasteiger partial charge in [0.25, 0.3) is 0 Å². The van der Waals surface area contributed by atoms with Gasteiger partial charge in [-0.05, 0) is 18.8 Å². The third-order valence-corrected chi connectivity index (χ3v) is 3.81. The predicted octanol–water partition coefficient (Wildman–Crippen LogP) is 2.79. The van der Waals surface area contributed by atoms with Gasteiger partial charge in [-0.15, -0.1) is 0 Å². The molecule has 0 N–H and O–H groups in total. The normalized spacial score (nSPS) is 26.8. The van der Waals surface area contributed by atoms with E-state index in [4.69, 9.17) is 0 Å². The molecule has 2 bridgehead atoms. The number of allylic oxidation sites excluding steroid dienone is 2. The van der Waals surface area contributed by atoms with Crippen LogP contribution in [0.4, 0.5) is 0 Å².